The molecule has 4 aromatic rings. The first-order chi connectivity index (χ1) is 16.1. The Morgan fingerprint density at radius 1 is 0.727 bits per heavy atom. The van der Waals surface area contributed by atoms with E-state index in [0.717, 1.165) is 22.8 Å². The van der Waals surface area contributed by atoms with Crippen molar-refractivity contribution in [3.8, 4) is 0 Å². The number of nitrogens with one attached hydrogen (secondary N) is 1. The molecule has 0 radical (unpaired) electrons. The minimum atomic E-state index is 0.595. The van der Waals surface area contributed by atoms with E-state index >= 15 is 0 Å². The number of aliphatic imine (C=N–C) groups is 1. The lowest BCUT2D eigenvalue weighted by Gasteiger charge is -2.28. The van der Waals surface area contributed by atoms with Gasteiger partial charge in [0.15, 0.2) is 5.11 Å². The van der Waals surface area contributed by atoms with Gasteiger partial charge in [-0.15, -0.1) is 0 Å². The Morgan fingerprint density at radius 2 is 1.27 bits per heavy atom. The summed E-state index contributed by atoms with van der Waals surface area (Å²) in [7, 11) is 0. The average molecular weight is 450 g/mol. The lowest BCUT2D eigenvalue weighted by molar-refractivity contribution is 0.916. The van der Waals surface area contributed by atoms with Crippen molar-refractivity contribution < 1.29 is 0 Å². The maximum absolute atomic E-state index is 5.94. The Morgan fingerprint density at radius 3 is 1.88 bits per heavy atom. The van der Waals surface area contributed by atoms with Crippen LogP contribution < -0.4 is 10.2 Å². The monoisotopic (exact) mass is 449 g/mol. The maximum atomic E-state index is 5.94. The molecule has 0 saturated heterocycles. The van der Waals surface area contributed by atoms with E-state index in [4.69, 9.17) is 17.2 Å². The number of rotatable bonds is 5. The lowest BCUT2D eigenvalue weighted by atomic mass is 10.1. The van der Waals surface area contributed by atoms with Gasteiger partial charge in [-0.25, -0.2) is 4.99 Å². The first-order valence-electron chi connectivity index (χ1n) is 11.0. The predicted molar refractivity (Wildman–Crippen MR) is 143 cm³/mol. The van der Waals surface area contributed by atoms with Crippen LogP contribution in [0.25, 0.3) is 0 Å². The summed E-state index contributed by atoms with van der Waals surface area (Å²) in [5.41, 5.74) is 6.38. The van der Waals surface area contributed by atoms with Gasteiger partial charge >= 0.3 is 0 Å². The van der Waals surface area contributed by atoms with E-state index in [2.05, 4.69) is 79.8 Å². The molecular formula is C29H27N3S. The zero-order chi connectivity index (χ0) is 23.0. The Labute approximate surface area is 201 Å². The highest BCUT2D eigenvalue weighted by atomic mass is 32.1. The molecule has 3 nitrogen and oxygen atoms in total. The van der Waals surface area contributed by atoms with Crippen molar-refractivity contribution >= 4 is 34.5 Å². The number of hydrogen-bond acceptors (Lipinski definition) is 2. The van der Waals surface area contributed by atoms with Gasteiger partial charge in [-0.3, -0.25) is 4.90 Å². The number of benzene rings is 4. The fourth-order valence-electron chi connectivity index (χ4n) is 3.45. The van der Waals surface area contributed by atoms with Crippen molar-refractivity contribution in [2.45, 2.75) is 20.4 Å². The number of anilines is 1. The summed E-state index contributed by atoms with van der Waals surface area (Å²) in [6, 6.07) is 37.0. The molecule has 0 aliphatic carbocycles. The molecule has 0 bridgehead atoms. The summed E-state index contributed by atoms with van der Waals surface area (Å²) < 4.78 is 0. The van der Waals surface area contributed by atoms with Crippen molar-refractivity contribution in [3.05, 3.63) is 131 Å². The third-order valence-corrected chi connectivity index (χ3v) is 5.62. The summed E-state index contributed by atoms with van der Waals surface area (Å²) in [6.07, 6.45) is 0. The van der Waals surface area contributed by atoms with Crippen molar-refractivity contribution in [1.29, 1.82) is 0 Å². The highest BCUT2D eigenvalue weighted by molar-refractivity contribution is 7.80. The standard InChI is InChI=1S/C29H27N3S/c1-22-13-17-26(18-14-22)31-28(25-11-7-4-8-12-25)32(27-19-15-23(2)16-20-27)29(33)30-21-24-9-5-3-6-10-24/h3-20H,21H2,1-2H3,(H,30,33). The zero-order valence-corrected chi connectivity index (χ0v) is 19.7. The van der Waals surface area contributed by atoms with Gasteiger partial charge < -0.3 is 5.32 Å². The fourth-order valence-corrected chi connectivity index (χ4v) is 3.72. The molecule has 0 spiro atoms. The summed E-state index contributed by atoms with van der Waals surface area (Å²) in [4.78, 5) is 7.08. The highest BCUT2D eigenvalue weighted by Crippen LogP contribution is 2.23. The molecule has 0 fully saturated rings. The molecule has 0 amide bonds. The van der Waals surface area contributed by atoms with E-state index in [9.17, 15) is 0 Å². The van der Waals surface area contributed by atoms with Crippen LogP contribution in [0.2, 0.25) is 0 Å². The van der Waals surface area contributed by atoms with Gasteiger partial charge in [0.1, 0.15) is 5.84 Å². The van der Waals surface area contributed by atoms with E-state index in [-0.39, 0.29) is 0 Å². The molecule has 4 aromatic carbocycles. The minimum Gasteiger partial charge on any atom is -0.358 e. The third kappa shape index (κ3) is 5.93. The van der Waals surface area contributed by atoms with Crippen LogP contribution in [0.4, 0.5) is 11.4 Å². The smallest absolute Gasteiger partial charge is 0.179 e. The second-order valence-corrected chi connectivity index (χ2v) is 8.34. The van der Waals surface area contributed by atoms with Crippen molar-refractivity contribution in [2.75, 3.05) is 4.90 Å². The van der Waals surface area contributed by atoms with E-state index in [1.165, 1.54) is 16.7 Å². The van der Waals surface area contributed by atoms with Gasteiger partial charge in [-0.2, -0.15) is 0 Å². The van der Waals surface area contributed by atoms with Crippen LogP contribution in [-0.4, -0.2) is 10.9 Å². The molecule has 0 aromatic heterocycles. The van der Waals surface area contributed by atoms with Gasteiger partial charge in [0.05, 0.1) is 5.69 Å². The van der Waals surface area contributed by atoms with Crippen LogP contribution in [0.15, 0.2) is 114 Å². The summed E-state index contributed by atoms with van der Waals surface area (Å²) in [5.74, 6) is 0.772. The lowest BCUT2D eigenvalue weighted by Crippen LogP contribution is -2.44. The van der Waals surface area contributed by atoms with E-state index in [0.29, 0.717) is 11.7 Å². The third-order valence-electron chi connectivity index (χ3n) is 5.29. The Kier molecular flexibility index (Phi) is 7.28. The van der Waals surface area contributed by atoms with Crippen molar-refractivity contribution in [3.63, 3.8) is 0 Å². The summed E-state index contributed by atoms with van der Waals surface area (Å²) >= 11 is 5.94. The van der Waals surface area contributed by atoms with Crippen LogP contribution in [0, 0.1) is 13.8 Å². The van der Waals surface area contributed by atoms with Gasteiger partial charge in [0.25, 0.3) is 0 Å². The first kappa shape index (κ1) is 22.4. The van der Waals surface area contributed by atoms with E-state index in [1.807, 2.05) is 53.4 Å². The summed E-state index contributed by atoms with van der Waals surface area (Å²) in [6.45, 7) is 4.79. The Balaban J connectivity index is 1.77. The highest BCUT2D eigenvalue weighted by Gasteiger charge is 2.20. The zero-order valence-electron chi connectivity index (χ0n) is 18.9. The average Bonchev–Trinajstić information content (AvgIpc) is 2.86. The number of nitrogens with zero attached hydrogens (tertiary/aromatic N) is 2. The minimum absolute atomic E-state index is 0.595. The number of hydrogen-bond donors (Lipinski definition) is 1. The topological polar surface area (TPSA) is 27.6 Å². The first-order valence-corrected chi connectivity index (χ1v) is 11.4. The molecule has 0 saturated carbocycles. The molecule has 0 aliphatic heterocycles. The SMILES string of the molecule is Cc1ccc(N=C(c2ccccc2)N(C(=S)NCc2ccccc2)c2ccc(C)cc2)cc1. The molecule has 4 rings (SSSR count). The summed E-state index contributed by atoms with van der Waals surface area (Å²) in [5, 5.41) is 4.03. The van der Waals surface area contributed by atoms with Crippen LogP contribution in [0.1, 0.15) is 22.3 Å². The normalized spacial score (nSPS) is 11.2. The van der Waals surface area contributed by atoms with Gasteiger partial charge in [-0.1, -0.05) is 96.1 Å². The van der Waals surface area contributed by atoms with Crippen LogP contribution in [0.3, 0.4) is 0 Å². The molecule has 4 heteroatoms. The molecule has 164 valence electrons. The molecule has 0 unspecified atom stereocenters. The van der Waals surface area contributed by atoms with Crippen LogP contribution in [-0.2, 0) is 6.54 Å². The predicted octanol–water partition coefficient (Wildman–Crippen LogP) is 6.96. The number of aryl methyl sites for hydroxylation is 2. The number of amidine groups is 1. The molecule has 0 atom stereocenters. The second kappa shape index (κ2) is 10.7. The van der Waals surface area contributed by atoms with Gasteiger partial charge in [0.2, 0.25) is 0 Å². The van der Waals surface area contributed by atoms with Crippen molar-refractivity contribution in [2.24, 2.45) is 4.99 Å². The second-order valence-electron chi connectivity index (χ2n) is 7.95. The molecule has 1 N–H and O–H groups in total. The van der Waals surface area contributed by atoms with E-state index < -0.39 is 0 Å². The molecule has 0 heterocycles. The van der Waals surface area contributed by atoms with Crippen LogP contribution in [0.5, 0.6) is 0 Å². The largest absolute Gasteiger partial charge is 0.358 e. The van der Waals surface area contributed by atoms with Gasteiger partial charge in [-0.05, 0) is 55.9 Å². The van der Waals surface area contributed by atoms with E-state index in [1.54, 1.807) is 0 Å². The molecule has 0 aliphatic rings. The van der Waals surface area contributed by atoms with Crippen LogP contribution >= 0.6 is 12.2 Å². The Hall–Kier alpha value is -3.76. The Bertz CT molecular complexity index is 1220. The van der Waals surface area contributed by atoms with Gasteiger partial charge in [0, 0.05) is 17.8 Å². The number of thiocarbonyl (C=S) groups is 1. The fraction of sp³-hybridized carbons (Fsp3) is 0.103. The molecule has 33 heavy (non-hydrogen) atoms. The maximum Gasteiger partial charge on any atom is 0.179 e. The quantitative estimate of drug-likeness (QED) is 0.203. The van der Waals surface area contributed by atoms with Crippen molar-refractivity contribution in [1.82, 2.24) is 5.32 Å². The molecular weight excluding hydrogens is 422 g/mol.